The first-order chi connectivity index (χ1) is 27.8. The van der Waals surface area contributed by atoms with E-state index in [-0.39, 0.29) is 34.1 Å². The van der Waals surface area contributed by atoms with Gasteiger partial charge in [-0.05, 0) is 61.4 Å². The Balaban J connectivity index is 1.62. The number of carbonyl (C=O) groups excluding carboxylic acids is 6. The number of benzene rings is 4. The van der Waals surface area contributed by atoms with Gasteiger partial charge in [-0.1, -0.05) is 60.7 Å². The van der Waals surface area contributed by atoms with Gasteiger partial charge >= 0.3 is 12.1 Å². The normalized spacial score (nSPS) is 20.1. The highest BCUT2D eigenvalue weighted by Gasteiger charge is 2.56. The zero-order chi connectivity index (χ0) is 42.0. The van der Waals surface area contributed by atoms with Crippen LogP contribution in [0.15, 0.2) is 97.1 Å². The van der Waals surface area contributed by atoms with Crippen molar-refractivity contribution in [2.24, 2.45) is 11.8 Å². The van der Waals surface area contributed by atoms with Gasteiger partial charge in [-0.3, -0.25) is 29.0 Å². The van der Waals surface area contributed by atoms with Gasteiger partial charge in [0.25, 0.3) is 0 Å². The molecule has 2 aliphatic heterocycles. The molecule has 0 radical (unpaired) electrons. The van der Waals surface area contributed by atoms with Gasteiger partial charge < -0.3 is 28.7 Å². The monoisotopic (exact) mass is 790 g/mol. The minimum atomic E-state index is -2.18. The molecule has 14 heteroatoms. The van der Waals surface area contributed by atoms with Crippen LogP contribution in [-0.2, 0) is 9.59 Å². The molecule has 2 heterocycles. The molecule has 6 atom stereocenters. The van der Waals surface area contributed by atoms with E-state index >= 15 is 19.2 Å². The molecule has 2 aliphatic rings. The lowest BCUT2D eigenvalue weighted by atomic mass is 9.78. The number of hydrogen-bond donors (Lipinski definition) is 0. The molecule has 302 valence electrons. The van der Waals surface area contributed by atoms with Crippen molar-refractivity contribution in [2.45, 2.75) is 38.0 Å². The lowest BCUT2D eigenvalue weighted by Gasteiger charge is -2.33. The van der Waals surface area contributed by atoms with Crippen LogP contribution in [0.5, 0.6) is 23.0 Å². The Labute approximate surface area is 336 Å². The molecule has 0 saturated carbocycles. The summed E-state index contributed by atoms with van der Waals surface area (Å²) in [6, 6.07) is 21.5. The van der Waals surface area contributed by atoms with E-state index < -0.39 is 71.4 Å². The topological polar surface area (TPSA) is 152 Å². The van der Waals surface area contributed by atoms with Crippen LogP contribution in [-0.4, -0.2) is 110 Å². The number of rotatable bonds is 13. The van der Waals surface area contributed by atoms with Gasteiger partial charge in [0.05, 0.1) is 52.6 Å². The van der Waals surface area contributed by atoms with Crippen LogP contribution in [0.1, 0.15) is 57.8 Å². The lowest BCUT2D eigenvalue weighted by molar-refractivity contribution is -0.141. The molecule has 0 N–H and O–H groups in total. The van der Waals surface area contributed by atoms with Crippen molar-refractivity contribution in [1.82, 2.24) is 19.6 Å². The summed E-state index contributed by atoms with van der Waals surface area (Å²) in [5.41, 5.74) is 0.940. The predicted octanol–water partition coefficient (Wildman–Crippen LogP) is 6.07. The second kappa shape index (κ2) is 16.8. The number of hydrogen-bond acceptors (Lipinski definition) is 10. The summed E-state index contributed by atoms with van der Waals surface area (Å²) >= 11 is 0. The van der Waals surface area contributed by atoms with Crippen LogP contribution in [0, 0.1) is 11.8 Å². The summed E-state index contributed by atoms with van der Waals surface area (Å²) in [6.45, 7) is 3.52. The summed E-state index contributed by atoms with van der Waals surface area (Å²) < 4.78 is 21.8. The number of methoxy groups -OCH3 is 4. The average molecular weight is 791 g/mol. The van der Waals surface area contributed by atoms with E-state index in [2.05, 4.69) is 0 Å². The van der Waals surface area contributed by atoms with E-state index in [4.69, 9.17) is 18.9 Å². The molecular weight excluding hydrogens is 745 g/mol. The number of likely N-dealkylation sites (N-methyl/N-ethyl adjacent to an activating group) is 2. The first-order valence-electron chi connectivity index (χ1n) is 18.6. The van der Waals surface area contributed by atoms with E-state index in [1.807, 2.05) is 0 Å². The summed E-state index contributed by atoms with van der Waals surface area (Å²) in [4.78, 5) is 94.7. The smallest absolute Gasteiger partial charge is 0.327 e. The maximum atomic E-state index is 15.5. The van der Waals surface area contributed by atoms with Crippen molar-refractivity contribution >= 4 is 35.4 Å². The summed E-state index contributed by atoms with van der Waals surface area (Å²) in [5, 5.41) is 0. The molecule has 2 saturated heterocycles. The van der Waals surface area contributed by atoms with Crippen molar-refractivity contribution in [1.29, 1.82) is 0 Å². The van der Waals surface area contributed by atoms with Crippen LogP contribution in [0.4, 0.5) is 9.59 Å². The largest absolute Gasteiger partial charge is 0.493 e. The maximum Gasteiger partial charge on any atom is 0.327 e. The van der Waals surface area contributed by atoms with Gasteiger partial charge in [-0.25, -0.2) is 9.59 Å². The number of Topliss-reactive ketones (excluding diaryl/α,β-unsaturated/α-hetero) is 2. The third-order valence-electron chi connectivity index (χ3n) is 11.2. The molecule has 0 unspecified atom stereocenters. The van der Waals surface area contributed by atoms with Crippen LogP contribution in [0.2, 0.25) is 0 Å². The molecular formula is C44H46N4O10. The Morgan fingerprint density at radius 1 is 0.500 bits per heavy atom. The van der Waals surface area contributed by atoms with Gasteiger partial charge in [0.2, 0.25) is 11.8 Å². The molecule has 4 aromatic carbocycles. The number of ketones is 2. The number of ether oxygens (including phenoxy) is 4. The Morgan fingerprint density at radius 2 is 0.828 bits per heavy atom. The van der Waals surface area contributed by atoms with Gasteiger partial charge in [-0.2, -0.15) is 0 Å². The Bertz CT molecular complexity index is 2070. The molecule has 6 rings (SSSR count). The Kier molecular flexibility index (Phi) is 11.9. The van der Waals surface area contributed by atoms with E-state index in [9.17, 15) is 9.59 Å². The Morgan fingerprint density at radius 3 is 1.14 bits per heavy atom. The molecule has 0 aliphatic carbocycles. The third-order valence-corrected chi connectivity index (χ3v) is 11.2. The second-order valence-corrected chi connectivity index (χ2v) is 14.2. The van der Waals surface area contributed by atoms with Crippen molar-refractivity contribution < 1.29 is 47.7 Å². The predicted molar refractivity (Wildman–Crippen MR) is 212 cm³/mol. The maximum absolute atomic E-state index is 15.5. The lowest BCUT2D eigenvalue weighted by Crippen LogP contribution is -2.53. The average Bonchev–Trinajstić information content (AvgIpc) is 3.62. The summed E-state index contributed by atoms with van der Waals surface area (Å²) in [5.74, 6) is -7.68. The minimum Gasteiger partial charge on any atom is -0.493 e. The van der Waals surface area contributed by atoms with Gasteiger partial charge in [-0.15, -0.1) is 0 Å². The van der Waals surface area contributed by atoms with E-state index in [0.717, 1.165) is 9.80 Å². The number of imide groups is 2. The summed E-state index contributed by atoms with van der Waals surface area (Å²) in [6.07, 6.45) is 0. The van der Waals surface area contributed by atoms with Crippen LogP contribution >= 0.6 is 0 Å². The van der Waals surface area contributed by atoms with E-state index in [0.29, 0.717) is 11.1 Å². The fourth-order valence-electron chi connectivity index (χ4n) is 7.85. The number of nitrogens with zero attached hydrogens (tertiary/aromatic N) is 4. The summed E-state index contributed by atoms with van der Waals surface area (Å²) in [7, 11) is 8.62. The van der Waals surface area contributed by atoms with Crippen LogP contribution in [0.3, 0.4) is 0 Å². The van der Waals surface area contributed by atoms with Crippen molar-refractivity contribution in [3.8, 4) is 23.0 Å². The van der Waals surface area contributed by atoms with Crippen molar-refractivity contribution in [2.75, 3.05) is 42.5 Å². The van der Waals surface area contributed by atoms with E-state index in [1.165, 1.54) is 88.7 Å². The molecule has 58 heavy (non-hydrogen) atoms. The second-order valence-electron chi connectivity index (χ2n) is 14.2. The van der Waals surface area contributed by atoms with Gasteiger partial charge in [0.1, 0.15) is 11.8 Å². The minimum absolute atomic E-state index is 0.115. The first kappa shape index (κ1) is 40.9. The van der Waals surface area contributed by atoms with Crippen molar-refractivity contribution in [3.63, 3.8) is 0 Å². The fourth-order valence-corrected chi connectivity index (χ4v) is 7.85. The zero-order valence-electron chi connectivity index (χ0n) is 33.6. The first-order valence-corrected chi connectivity index (χ1v) is 18.6. The SMILES string of the molecule is COc1ccc(C(=O)[C@H](C(=O)N2C(=O)N(C)[C@H](C)[C@@H]2c2ccccc2)[C@@H](C(=O)c2ccc(OC)c(OC)c2)C(=O)N2C(=O)N(C)[C@H](C)[C@@H]2c2ccccc2)cc1OC. The third kappa shape index (κ3) is 7.10. The van der Waals surface area contributed by atoms with Crippen LogP contribution < -0.4 is 18.9 Å². The number of amides is 6. The highest BCUT2D eigenvalue weighted by atomic mass is 16.5. The standard InChI is InChI=1S/C44H46N4O10/c1-25-37(27-15-11-9-12-16-27)47(43(53)45(25)3)41(51)35(39(49)29-19-21-31(55-5)33(23-29)57-7)36(40(50)30-20-22-32(56-6)34(24-30)58-8)42(52)48-38(26(2)46(4)44(48)54)28-17-13-10-14-18-28/h9-26,35-38H,1-8H3/t25-,26-,35-,36+,37-,38-/m1/s1. The highest BCUT2D eigenvalue weighted by molar-refractivity contribution is 6.23. The quantitative estimate of drug-likeness (QED) is 0.115. The molecule has 4 aromatic rings. The zero-order valence-corrected chi connectivity index (χ0v) is 33.6. The Hall–Kier alpha value is -6.70. The molecule has 2 fully saturated rings. The molecule has 0 bridgehead atoms. The fraction of sp³-hybridized carbons (Fsp3) is 0.318. The molecule has 0 spiro atoms. The van der Waals surface area contributed by atoms with Crippen molar-refractivity contribution in [3.05, 3.63) is 119 Å². The molecule has 14 nitrogen and oxygen atoms in total. The molecule has 0 aromatic heterocycles. The number of carbonyl (C=O) groups is 6. The number of urea groups is 2. The highest BCUT2D eigenvalue weighted by Crippen LogP contribution is 2.42. The van der Waals surface area contributed by atoms with Gasteiger partial charge in [0, 0.05) is 25.2 Å². The van der Waals surface area contributed by atoms with E-state index in [1.54, 1.807) is 74.5 Å². The molecule has 6 amide bonds. The van der Waals surface area contributed by atoms with Crippen LogP contribution in [0.25, 0.3) is 0 Å². The van der Waals surface area contributed by atoms with Gasteiger partial charge in [0.15, 0.2) is 34.6 Å².